The number of aromatic hydroxyl groups is 6. The van der Waals surface area contributed by atoms with E-state index in [0.717, 1.165) is 6.07 Å². The molecule has 0 spiro atoms. The van der Waals surface area contributed by atoms with Crippen LogP contribution in [0.15, 0.2) is 104 Å². The zero-order valence-electron chi connectivity index (χ0n) is 20.4. The molecule has 0 unspecified atom stereocenters. The van der Waals surface area contributed by atoms with Crippen LogP contribution in [0.1, 0.15) is 0 Å². The molecular formula is C30H20O10. The molecule has 4 aromatic carbocycles. The molecule has 6 rings (SSSR count). The third-order valence-corrected chi connectivity index (χ3v) is 6.08. The van der Waals surface area contributed by atoms with Gasteiger partial charge in [0.25, 0.3) is 0 Å². The van der Waals surface area contributed by atoms with Crippen LogP contribution in [-0.2, 0) is 0 Å². The molecule has 6 aromatic rings. The molecular weight excluding hydrogens is 520 g/mol. The van der Waals surface area contributed by atoms with E-state index in [1.807, 2.05) is 0 Å². The van der Waals surface area contributed by atoms with Crippen molar-refractivity contribution in [1.29, 1.82) is 0 Å². The summed E-state index contributed by atoms with van der Waals surface area (Å²) >= 11 is 0. The van der Waals surface area contributed by atoms with Gasteiger partial charge < -0.3 is 39.5 Å². The normalized spacial score (nSPS) is 10.8. The molecule has 2 heterocycles. The van der Waals surface area contributed by atoms with Gasteiger partial charge in [-0.05, 0) is 35.4 Å². The Morgan fingerprint density at radius 3 is 1.98 bits per heavy atom. The Morgan fingerprint density at radius 1 is 0.575 bits per heavy atom. The maximum atomic E-state index is 12.4. The van der Waals surface area contributed by atoms with Gasteiger partial charge in [0.05, 0.1) is 5.56 Å². The molecule has 0 atom stereocenters. The molecule has 2 aromatic heterocycles. The minimum Gasteiger partial charge on any atom is -0.508 e. The van der Waals surface area contributed by atoms with Gasteiger partial charge >= 0.3 is 5.63 Å². The monoisotopic (exact) mass is 540 g/mol. The lowest BCUT2D eigenvalue weighted by Crippen LogP contribution is -2.04. The van der Waals surface area contributed by atoms with Crippen LogP contribution >= 0.6 is 0 Å². The number of phenols is 5. The molecule has 0 saturated carbocycles. The lowest BCUT2D eigenvalue weighted by Gasteiger charge is -2.08. The van der Waals surface area contributed by atoms with Crippen LogP contribution in [-0.4, -0.2) is 30.6 Å². The minimum absolute atomic E-state index is 0.00230. The first-order valence-corrected chi connectivity index (χ1v) is 11.7. The predicted octanol–water partition coefficient (Wildman–Crippen LogP) is 5.15. The topological polar surface area (TPSA) is 182 Å². The van der Waals surface area contributed by atoms with Crippen molar-refractivity contribution in [3.8, 4) is 56.8 Å². The van der Waals surface area contributed by atoms with Gasteiger partial charge in [0.2, 0.25) is 5.43 Å². The number of rotatable bonds is 2. The van der Waals surface area contributed by atoms with E-state index >= 15 is 0 Å². The fourth-order valence-electron chi connectivity index (χ4n) is 4.17. The number of benzene rings is 4. The molecule has 40 heavy (non-hydrogen) atoms. The van der Waals surface area contributed by atoms with Gasteiger partial charge in [0, 0.05) is 12.1 Å². The number of fused-ring (bicyclic) bond motifs is 2. The Labute approximate surface area is 224 Å². The first kappa shape index (κ1) is 25.7. The molecule has 0 amide bonds. The molecule has 0 radical (unpaired) electrons. The molecule has 0 bridgehead atoms. The highest BCUT2D eigenvalue weighted by Crippen LogP contribution is 2.42. The van der Waals surface area contributed by atoms with Crippen molar-refractivity contribution in [2.24, 2.45) is 0 Å². The van der Waals surface area contributed by atoms with Crippen molar-refractivity contribution in [2.75, 3.05) is 0 Å². The van der Waals surface area contributed by atoms with E-state index in [1.165, 1.54) is 36.6 Å². The quantitative estimate of drug-likeness (QED) is 0.127. The summed E-state index contributed by atoms with van der Waals surface area (Å²) in [4.78, 5) is 24.4. The first-order valence-electron chi connectivity index (χ1n) is 11.7. The molecule has 0 aliphatic rings. The van der Waals surface area contributed by atoms with Crippen LogP contribution in [0.5, 0.6) is 34.5 Å². The minimum atomic E-state index is -0.716. The second kappa shape index (κ2) is 10.1. The first-order chi connectivity index (χ1) is 19.2. The van der Waals surface area contributed by atoms with Crippen molar-refractivity contribution in [2.45, 2.75) is 0 Å². The summed E-state index contributed by atoms with van der Waals surface area (Å²) in [5.41, 5.74) is 0.213. The van der Waals surface area contributed by atoms with Gasteiger partial charge in [0.1, 0.15) is 56.8 Å². The Kier molecular flexibility index (Phi) is 6.50. The van der Waals surface area contributed by atoms with E-state index in [0.29, 0.717) is 11.1 Å². The maximum Gasteiger partial charge on any atom is 0.347 e. The molecule has 0 aliphatic heterocycles. The molecule has 10 nitrogen and oxygen atoms in total. The summed E-state index contributed by atoms with van der Waals surface area (Å²) < 4.78 is 10.4. The zero-order valence-corrected chi connectivity index (χ0v) is 20.4. The molecule has 0 fully saturated rings. The largest absolute Gasteiger partial charge is 0.508 e. The Balaban J connectivity index is 0.000000161. The Hall–Kier alpha value is -5.90. The average Bonchev–Trinajstić information content (AvgIpc) is 2.92. The van der Waals surface area contributed by atoms with E-state index in [9.17, 15) is 40.2 Å². The van der Waals surface area contributed by atoms with Crippen LogP contribution in [0.25, 0.3) is 44.2 Å². The van der Waals surface area contributed by atoms with Gasteiger partial charge in [-0.15, -0.1) is 0 Å². The number of hydrogen-bond donors (Lipinski definition) is 6. The van der Waals surface area contributed by atoms with Gasteiger partial charge in [-0.25, -0.2) is 4.79 Å². The summed E-state index contributed by atoms with van der Waals surface area (Å²) in [6.45, 7) is 0. The number of hydrogen-bond acceptors (Lipinski definition) is 10. The van der Waals surface area contributed by atoms with Crippen LogP contribution < -0.4 is 11.1 Å². The van der Waals surface area contributed by atoms with E-state index in [1.54, 1.807) is 42.5 Å². The molecule has 0 saturated heterocycles. The highest BCUT2D eigenvalue weighted by Gasteiger charge is 2.20. The number of phenolic OH excluding ortho intramolecular Hbond substituents is 5. The van der Waals surface area contributed by atoms with E-state index in [-0.39, 0.29) is 50.3 Å². The smallest absolute Gasteiger partial charge is 0.347 e. The maximum absolute atomic E-state index is 12.4. The van der Waals surface area contributed by atoms with Crippen molar-refractivity contribution in [3.05, 3.63) is 106 Å². The standard InChI is InChI=1S/2C15H10O5/c16-9-3-1-8(2-4-9)11-7-20-13-6-10(17)5-12(18)14(13)15(11)19;16-9-6-7-10-12(13(9)17)14(18)11(15(19)20-10)8-4-2-1-3-5-8/h2*1-7,16-18H. The summed E-state index contributed by atoms with van der Waals surface area (Å²) in [6.07, 6.45) is 1.26. The lowest BCUT2D eigenvalue weighted by molar-refractivity contribution is 0.403. The second-order valence-corrected chi connectivity index (χ2v) is 8.65. The molecule has 200 valence electrons. The Morgan fingerprint density at radius 2 is 1.27 bits per heavy atom. The SMILES string of the molecule is O=c1c(-c2ccc(O)cc2)coc2cc(O)cc(O)c12.O=c1oc2ccc(O)c(O)c2c(O)c1-c1ccccc1. The van der Waals surface area contributed by atoms with Crippen molar-refractivity contribution in [3.63, 3.8) is 0 Å². The highest BCUT2D eigenvalue weighted by atomic mass is 16.4. The predicted molar refractivity (Wildman–Crippen MR) is 146 cm³/mol. The van der Waals surface area contributed by atoms with E-state index in [2.05, 4.69) is 0 Å². The summed E-state index contributed by atoms with van der Waals surface area (Å²) in [6, 6.07) is 19.4. The summed E-state index contributed by atoms with van der Waals surface area (Å²) in [5, 5.41) is 57.9. The highest BCUT2D eigenvalue weighted by molar-refractivity contribution is 5.96. The van der Waals surface area contributed by atoms with Gasteiger partial charge in [-0.1, -0.05) is 42.5 Å². The van der Waals surface area contributed by atoms with Crippen LogP contribution in [0.2, 0.25) is 0 Å². The molecule has 0 aliphatic carbocycles. The third kappa shape index (κ3) is 4.61. The van der Waals surface area contributed by atoms with Gasteiger partial charge in [-0.2, -0.15) is 0 Å². The van der Waals surface area contributed by atoms with Gasteiger partial charge in [-0.3, -0.25) is 4.79 Å². The fourth-order valence-corrected chi connectivity index (χ4v) is 4.17. The van der Waals surface area contributed by atoms with Crippen molar-refractivity contribution in [1.82, 2.24) is 0 Å². The summed E-state index contributed by atoms with van der Waals surface area (Å²) in [5.74, 6) is -1.78. The molecule has 10 heteroatoms. The Bertz CT molecular complexity index is 1990. The third-order valence-electron chi connectivity index (χ3n) is 6.08. The van der Waals surface area contributed by atoms with Gasteiger partial charge in [0.15, 0.2) is 11.5 Å². The average molecular weight is 540 g/mol. The zero-order chi connectivity index (χ0) is 28.6. The fraction of sp³-hybridized carbons (Fsp3) is 0. The second-order valence-electron chi connectivity index (χ2n) is 8.65. The van der Waals surface area contributed by atoms with Crippen molar-refractivity contribution >= 4 is 21.9 Å². The van der Waals surface area contributed by atoms with Crippen LogP contribution in [0.4, 0.5) is 0 Å². The van der Waals surface area contributed by atoms with Crippen molar-refractivity contribution < 1.29 is 39.5 Å². The van der Waals surface area contributed by atoms with E-state index in [4.69, 9.17) is 8.83 Å². The van der Waals surface area contributed by atoms with Crippen LogP contribution in [0.3, 0.4) is 0 Å². The lowest BCUT2D eigenvalue weighted by atomic mass is 10.0. The van der Waals surface area contributed by atoms with Crippen LogP contribution in [0, 0.1) is 0 Å². The molecule has 6 N–H and O–H groups in total. The van der Waals surface area contributed by atoms with E-state index < -0.39 is 28.3 Å². The summed E-state index contributed by atoms with van der Waals surface area (Å²) in [7, 11) is 0.